The van der Waals surface area contributed by atoms with Crippen molar-refractivity contribution in [3.05, 3.63) is 279 Å². The van der Waals surface area contributed by atoms with Gasteiger partial charge in [0.1, 0.15) is 5.82 Å². The molecule has 0 aliphatic carbocycles. The topological polar surface area (TPSA) is 29.9 Å². The van der Waals surface area contributed by atoms with E-state index in [0.29, 0.717) is 16.7 Å². The van der Waals surface area contributed by atoms with Crippen molar-refractivity contribution in [2.45, 2.75) is 0 Å². The van der Waals surface area contributed by atoms with Gasteiger partial charge in [0.15, 0.2) is 0 Å². The number of aromatic nitrogens is 4. The summed E-state index contributed by atoms with van der Waals surface area (Å²) in [6, 6.07) is 62.9. The van der Waals surface area contributed by atoms with Crippen molar-refractivity contribution < 1.29 is 18.3 Å². The Morgan fingerprint density at radius 3 is 1.73 bits per heavy atom. The molecule has 3 heterocycles. The van der Waals surface area contributed by atoms with Gasteiger partial charge < -0.3 is 4.90 Å². The van der Waals surface area contributed by atoms with Gasteiger partial charge in [-0.25, -0.2) is 4.98 Å². The van der Waals surface area contributed by atoms with Crippen molar-refractivity contribution in [1.82, 2.24) is 14.1 Å². The maximum absolute atomic E-state index is 9.21. The summed E-state index contributed by atoms with van der Waals surface area (Å²) in [5.74, 6) is 0.769. The smallest absolute Gasteiger partial charge is 0.269 e. The number of pyridine rings is 1. The minimum Gasteiger partial charge on any atom is -0.311 e. The molecule has 0 bridgehead atoms. The zero-order valence-corrected chi connectivity index (χ0v) is 37.9. The molecule has 3 aromatic heterocycles. The Kier molecular flexibility index (Phi) is 8.09. The van der Waals surface area contributed by atoms with E-state index in [4.69, 9.17) is 13.2 Å². The average Bonchev–Trinajstić information content (AvgIpc) is 3.96. The molecule has 5 heteroatoms. The molecule has 5 nitrogen and oxygen atoms in total. The van der Waals surface area contributed by atoms with E-state index in [-0.39, 0.29) is 27.9 Å². The van der Waals surface area contributed by atoms with Crippen LogP contribution in [0.1, 0.15) is 13.7 Å². The fourth-order valence-electron chi connectivity index (χ4n) is 9.75. The molecule has 0 amide bonds. The number of rotatable bonds is 10. The lowest BCUT2D eigenvalue weighted by molar-refractivity contribution is -0.571. The first-order valence-corrected chi connectivity index (χ1v) is 23.2. The van der Waals surface area contributed by atoms with Crippen LogP contribution >= 0.6 is 0 Å². The number of anilines is 3. The molecule has 0 fully saturated rings. The zero-order valence-electron chi connectivity index (χ0n) is 47.9. The highest BCUT2D eigenvalue weighted by Crippen LogP contribution is 2.42. The van der Waals surface area contributed by atoms with Gasteiger partial charge in [0, 0.05) is 34.0 Å². The Bertz CT molecular complexity index is 4510. The maximum atomic E-state index is 9.21. The second-order valence-electron chi connectivity index (χ2n) is 17.1. The molecule has 0 unspecified atom stereocenters. The highest BCUT2D eigenvalue weighted by molar-refractivity contribution is 6.10. The highest BCUT2D eigenvalue weighted by atomic mass is 15.2. The molecule has 0 radical (unpaired) electrons. The number of para-hydroxylation sites is 5. The number of benzene rings is 10. The SMILES string of the molecule is [2H]c1c([2H])c([2H])c(-c2cccc(-c3c([2H])c([2H])c([2H])c([2H])c3[2H])c2-[n+]2[c-]n(-c3cc(-c4ccccc4)cc(N(c4ccccc4)c4ccc5c6ccccc6n(-c6cc(-c7ccccc7)ccn6)c5c4)c3)c3ccccc32)c([2H])c1[2H]. The standard InChI is InChI=1S/C66H45N5/c1-6-21-47(22-7-1)51-39-40-67-65(43-51)71-61-34-17-16-31-59(61)60-38-37-54(45-64(60)71)70(53-29-14-5-15-30-53)56-42-52(48-23-8-2-9-24-48)41-55(44-56)68-46-69(63-36-19-18-35-62(63)68)66-57(49-25-10-3-11-26-49)32-20-33-58(66)50-27-12-4-13-28-50/h1-45H/i3D,4D,10D,11D,12D,13D,25D,26D,27D,28D. The van der Waals surface area contributed by atoms with E-state index in [1.165, 1.54) is 0 Å². The second-order valence-corrected chi connectivity index (χ2v) is 17.1. The molecule has 334 valence electrons. The van der Waals surface area contributed by atoms with Gasteiger partial charge in [-0.05, 0) is 105 Å². The zero-order chi connectivity index (χ0) is 55.8. The van der Waals surface area contributed by atoms with Crippen LogP contribution in [0.5, 0.6) is 0 Å². The third-order valence-corrected chi connectivity index (χ3v) is 12.9. The third kappa shape index (κ3) is 7.54. The molecule has 0 saturated heterocycles. The molecule has 0 spiro atoms. The Balaban J connectivity index is 1.08. The van der Waals surface area contributed by atoms with Crippen LogP contribution in [0.2, 0.25) is 0 Å². The lowest BCUT2D eigenvalue weighted by Crippen LogP contribution is -2.31. The molecule has 0 N–H and O–H groups in total. The number of nitrogens with zero attached hydrogens (tertiary/aromatic N) is 5. The van der Waals surface area contributed by atoms with Crippen molar-refractivity contribution in [1.29, 1.82) is 0 Å². The maximum Gasteiger partial charge on any atom is 0.269 e. The molecule has 71 heavy (non-hydrogen) atoms. The van der Waals surface area contributed by atoms with E-state index in [9.17, 15) is 5.48 Å². The Morgan fingerprint density at radius 1 is 0.423 bits per heavy atom. The summed E-state index contributed by atoms with van der Waals surface area (Å²) in [6.45, 7) is 0. The van der Waals surface area contributed by atoms with Gasteiger partial charge in [-0.1, -0.05) is 206 Å². The van der Waals surface area contributed by atoms with Crippen LogP contribution in [0.25, 0.3) is 94.5 Å². The molecule has 0 atom stereocenters. The average molecular weight is 918 g/mol. The third-order valence-electron chi connectivity index (χ3n) is 12.9. The van der Waals surface area contributed by atoms with Crippen molar-refractivity contribution in [2.75, 3.05) is 4.90 Å². The summed E-state index contributed by atoms with van der Waals surface area (Å²) >= 11 is 0. The van der Waals surface area contributed by atoms with E-state index >= 15 is 0 Å². The van der Waals surface area contributed by atoms with Crippen LogP contribution in [0.3, 0.4) is 0 Å². The number of hydrogen-bond donors (Lipinski definition) is 0. The normalized spacial score (nSPS) is 13.4. The van der Waals surface area contributed by atoms with Gasteiger partial charge in [0.25, 0.3) is 6.33 Å². The van der Waals surface area contributed by atoms with Crippen LogP contribution in [-0.2, 0) is 0 Å². The first kappa shape index (κ1) is 32.2. The molecule has 0 aliphatic heterocycles. The van der Waals surface area contributed by atoms with E-state index in [1.807, 2.05) is 102 Å². The summed E-state index contributed by atoms with van der Waals surface area (Å²) < 4.78 is 94.5. The fraction of sp³-hybridized carbons (Fsp3) is 0. The highest BCUT2D eigenvalue weighted by Gasteiger charge is 2.23. The quantitative estimate of drug-likeness (QED) is 0.101. The molecular weight excluding hydrogens is 863 g/mol. The summed E-state index contributed by atoms with van der Waals surface area (Å²) in [6.07, 6.45) is 5.46. The molecule has 0 saturated carbocycles. The lowest BCUT2D eigenvalue weighted by atomic mass is 9.95. The molecule has 13 aromatic rings. The molecule has 13 rings (SSSR count). The monoisotopic (exact) mass is 917 g/mol. The second kappa shape index (κ2) is 17.8. The number of hydrogen-bond acceptors (Lipinski definition) is 2. The van der Waals surface area contributed by atoms with Crippen LogP contribution in [-0.4, -0.2) is 14.1 Å². The minimum atomic E-state index is -0.570. The van der Waals surface area contributed by atoms with Crippen molar-refractivity contribution in [3.8, 4) is 61.7 Å². The van der Waals surface area contributed by atoms with Gasteiger partial charge in [-0.2, -0.15) is 0 Å². The lowest BCUT2D eigenvalue weighted by Gasteiger charge is -2.27. The summed E-state index contributed by atoms with van der Waals surface area (Å²) in [5, 5.41) is 2.13. The van der Waals surface area contributed by atoms with E-state index in [0.717, 1.165) is 66.9 Å². The predicted molar refractivity (Wildman–Crippen MR) is 292 cm³/mol. The van der Waals surface area contributed by atoms with Crippen molar-refractivity contribution in [3.63, 3.8) is 0 Å². The van der Waals surface area contributed by atoms with Crippen LogP contribution < -0.4 is 9.47 Å². The van der Waals surface area contributed by atoms with Gasteiger partial charge in [-0.15, -0.1) is 0 Å². The molecule has 10 aromatic carbocycles. The van der Waals surface area contributed by atoms with Gasteiger partial charge in [0.05, 0.1) is 47.1 Å². The van der Waals surface area contributed by atoms with Gasteiger partial charge in [-0.3, -0.25) is 13.7 Å². The molecule has 0 aliphatic rings. The minimum absolute atomic E-state index is 0.134. The summed E-state index contributed by atoms with van der Waals surface area (Å²) in [5.41, 5.74) is 10.5. The van der Waals surface area contributed by atoms with Crippen LogP contribution in [0, 0.1) is 6.33 Å². The molecular formula is C66H45N5. The predicted octanol–water partition coefficient (Wildman–Crippen LogP) is 16.3. The van der Waals surface area contributed by atoms with Crippen LogP contribution in [0.15, 0.2) is 273 Å². The van der Waals surface area contributed by atoms with E-state index < -0.39 is 60.4 Å². The first-order valence-electron chi connectivity index (χ1n) is 28.2. The number of imidazole rings is 1. The number of fused-ring (bicyclic) bond motifs is 4. The largest absolute Gasteiger partial charge is 0.311 e. The Hall–Kier alpha value is -9.58. The van der Waals surface area contributed by atoms with Crippen LogP contribution in [0.4, 0.5) is 17.1 Å². The Morgan fingerprint density at radius 2 is 1.03 bits per heavy atom. The van der Waals surface area contributed by atoms with Gasteiger partial charge in [0.2, 0.25) is 0 Å². The summed E-state index contributed by atoms with van der Waals surface area (Å²) in [4.78, 5) is 7.19. The van der Waals surface area contributed by atoms with E-state index in [2.05, 4.69) is 113 Å². The Labute approximate surface area is 426 Å². The van der Waals surface area contributed by atoms with Crippen molar-refractivity contribution in [2.24, 2.45) is 0 Å². The first-order chi connectivity index (χ1) is 39.4. The fourth-order valence-corrected chi connectivity index (χ4v) is 9.75. The van der Waals surface area contributed by atoms with E-state index in [1.54, 1.807) is 22.8 Å². The van der Waals surface area contributed by atoms with Gasteiger partial charge >= 0.3 is 0 Å². The summed E-state index contributed by atoms with van der Waals surface area (Å²) in [7, 11) is 0. The van der Waals surface area contributed by atoms with Crippen molar-refractivity contribution >= 4 is 49.9 Å².